The van der Waals surface area contributed by atoms with Gasteiger partial charge in [-0.15, -0.1) is 11.8 Å². The Kier molecular flexibility index (Phi) is 2.26. The Labute approximate surface area is 77.6 Å². The van der Waals surface area contributed by atoms with E-state index in [1.54, 1.807) is 0 Å². The van der Waals surface area contributed by atoms with Gasteiger partial charge in [0.25, 0.3) is 0 Å². The van der Waals surface area contributed by atoms with Crippen LogP contribution in [0.25, 0.3) is 0 Å². The zero-order chi connectivity index (χ0) is 8.39. The van der Waals surface area contributed by atoms with Crippen molar-refractivity contribution in [2.45, 2.75) is 17.7 Å². The maximum atomic E-state index is 3.46. The summed E-state index contributed by atoms with van der Waals surface area (Å²) in [6, 6.07) is 6.56. The molecule has 0 saturated heterocycles. The quantitative estimate of drug-likeness (QED) is 0.665. The zero-order valence-corrected chi connectivity index (χ0v) is 8.08. The first-order valence-corrected chi connectivity index (χ1v) is 5.54. The number of hydrogen-bond donors (Lipinski definition) is 1. The molecule has 0 amide bonds. The van der Waals surface area contributed by atoms with Gasteiger partial charge in [0.05, 0.1) is 5.69 Å². The van der Waals surface area contributed by atoms with Gasteiger partial charge < -0.3 is 5.32 Å². The average Bonchev–Trinajstić information content (AvgIpc) is 2.17. The Hall–Kier alpha value is -0.630. The molecule has 1 aromatic carbocycles. The monoisotopic (exact) mass is 179 g/mol. The van der Waals surface area contributed by atoms with Crippen LogP contribution < -0.4 is 5.32 Å². The van der Waals surface area contributed by atoms with E-state index < -0.39 is 0 Å². The SMILES string of the molecule is CSc1cccc2c1NCCC2. The lowest BCUT2D eigenvalue weighted by Gasteiger charge is -2.20. The predicted molar refractivity (Wildman–Crippen MR) is 55.0 cm³/mol. The molecule has 1 nitrogen and oxygen atoms in total. The first-order valence-electron chi connectivity index (χ1n) is 4.31. The van der Waals surface area contributed by atoms with Crippen LogP contribution in [0.5, 0.6) is 0 Å². The number of hydrogen-bond acceptors (Lipinski definition) is 2. The van der Waals surface area contributed by atoms with E-state index in [1.165, 1.54) is 29.0 Å². The molecule has 0 saturated carbocycles. The first kappa shape index (κ1) is 7.99. The molecule has 0 fully saturated rings. The van der Waals surface area contributed by atoms with Crippen LogP contribution in [0.4, 0.5) is 5.69 Å². The number of rotatable bonds is 1. The van der Waals surface area contributed by atoms with Crippen molar-refractivity contribution >= 4 is 17.4 Å². The van der Waals surface area contributed by atoms with E-state index in [4.69, 9.17) is 0 Å². The highest BCUT2D eigenvalue weighted by atomic mass is 32.2. The Morgan fingerprint density at radius 1 is 1.42 bits per heavy atom. The summed E-state index contributed by atoms with van der Waals surface area (Å²) < 4.78 is 0. The van der Waals surface area contributed by atoms with Crippen LogP contribution in [0.3, 0.4) is 0 Å². The van der Waals surface area contributed by atoms with Crippen molar-refractivity contribution in [1.82, 2.24) is 0 Å². The average molecular weight is 179 g/mol. The summed E-state index contributed by atoms with van der Waals surface area (Å²) in [7, 11) is 0. The van der Waals surface area contributed by atoms with Crippen LogP contribution >= 0.6 is 11.8 Å². The van der Waals surface area contributed by atoms with Crippen molar-refractivity contribution in [2.24, 2.45) is 0 Å². The van der Waals surface area contributed by atoms with E-state index in [0.717, 1.165) is 6.54 Å². The third-order valence-electron chi connectivity index (χ3n) is 2.26. The van der Waals surface area contributed by atoms with E-state index in [0.29, 0.717) is 0 Å². The number of anilines is 1. The minimum Gasteiger partial charge on any atom is -0.384 e. The molecular formula is C10H13NS. The summed E-state index contributed by atoms with van der Waals surface area (Å²) in [5.41, 5.74) is 2.85. The molecule has 1 aliphatic rings. The summed E-state index contributed by atoms with van der Waals surface area (Å²) in [6.07, 6.45) is 4.63. The molecule has 2 rings (SSSR count). The highest BCUT2D eigenvalue weighted by molar-refractivity contribution is 7.98. The van der Waals surface area contributed by atoms with E-state index in [1.807, 2.05) is 11.8 Å². The number of nitrogens with one attached hydrogen (secondary N) is 1. The normalized spacial score (nSPS) is 15.1. The van der Waals surface area contributed by atoms with Crippen LogP contribution in [0.15, 0.2) is 23.1 Å². The molecule has 1 aliphatic heterocycles. The highest BCUT2D eigenvalue weighted by Gasteiger charge is 2.10. The van der Waals surface area contributed by atoms with E-state index in [2.05, 4.69) is 29.8 Å². The van der Waals surface area contributed by atoms with Crippen molar-refractivity contribution in [1.29, 1.82) is 0 Å². The molecular weight excluding hydrogens is 166 g/mol. The molecule has 2 heteroatoms. The molecule has 1 heterocycles. The molecule has 0 bridgehead atoms. The Balaban J connectivity index is 2.44. The molecule has 64 valence electrons. The largest absolute Gasteiger partial charge is 0.384 e. The Morgan fingerprint density at radius 3 is 3.17 bits per heavy atom. The second-order valence-electron chi connectivity index (χ2n) is 3.02. The topological polar surface area (TPSA) is 12.0 Å². The van der Waals surface area contributed by atoms with E-state index >= 15 is 0 Å². The number of thioether (sulfide) groups is 1. The molecule has 0 spiro atoms. The molecule has 1 N–H and O–H groups in total. The van der Waals surface area contributed by atoms with Gasteiger partial charge in [-0.25, -0.2) is 0 Å². The second-order valence-corrected chi connectivity index (χ2v) is 3.87. The molecule has 0 radical (unpaired) electrons. The lowest BCUT2D eigenvalue weighted by atomic mass is 10.0. The molecule has 0 aromatic heterocycles. The number of benzene rings is 1. The fourth-order valence-electron chi connectivity index (χ4n) is 1.65. The first-order chi connectivity index (χ1) is 5.92. The van der Waals surface area contributed by atoms with Crippen LogP contribution in [0, 0.1) is 0 Å². The standard InChI is InChI=1S/C10H13NS/c1-12-9-6-2-4-8-5-3-7-11-10(8)9/h2,4,6,11H,3,5,7H2,1H3. The lowest BCUT2D eigenvalue weighted by Crippen LogP contribution is -2.12. The molecule has 1 aromatic rings. The van der Waals surface area contributed by atoms with Gasteiger partial charge in [-0.3, -0.25) is 0 Å². The van der Waals surface area contributed by atoms with Crippen molar-refractivity contribution in [2.75, 3.05) is 18.1 Å². The molecule has 0 unspecified atom stereocenters. The van der Waals surface area contributed by atoms with Crippen molar-refractivity contribution in [3.63, 3.8) is 0 Å². The fourth-order valence-corrected chi connectivity index (χ4v) is 2.27. The minimum atomic E-state index is 1.13. The van der Waals surface area contributed by atoms with Gasteiger partial charge in [-0.2, -0.15) is 0 Å². The number of para-hydroxylation sites is 1. The fraction of sp³-hybridized carbons (Fsp3) is 0.400. The zero-order valence-electron chi connectivity index (χ0n) is 7.26. The smallest absolute Gasteiger partial charge is 0.0510 e. The van der Waals surface area contributed by atoms with Crippen molar-refractivity contribution in [3.8, 4) is 0 Å². The van der Waals surface area contributed by atoms with Crippen LogP contribution in [0.2, 0.25) is 0 Å². The number of aryl methyl sites for hydroxylation is 1. The summed E-state index contributed by atoms with van der Waals surface area (Å²) >= 11 is 1.82. The molecule has 12 heavy (non-hydrogen) atoms. The van der Waals surface area contributed by atoms with Gasteiger partial charge in [0.15, 0.2) is 0 Å². The number of fused-ring (bicyclic) bond motifs is 1. The summed E-state index contributed by atoms with van der Waals surface area (Å²) in [5, 5.41) is 3.46. The van der Waals surface area contributed by atoms with Gasteiger partial charge in [-0.05, 0) is 30.7 Å². The van der Waals surface area contributed by atoms with Crippen molar-refractivity contribution in [3.05, 3.63) is 23.8 Å². The van der Waals surface area contributed by atoms with Gasteiger partial charge in [0.2, 0.25) is 0 Å². The summed E-state index contributed by atoms with van der Waals surface area (Å²) in [6.45, 7) is 1.13. The van der Waals surface area contributed by atoms with Crippen LogP contribution in [-0.4, -0.2) is 12.8 Å². The molecule has 0 atom stereocenters. The van der Waals surface area contributed by atoms with Crippen LogP contribution in [0.1, 0.15) is 12.0 Å². The van der Waals surface area contributed by atoms with Crippen LogP contribution in [-0.2, 0) is 6.42 Å². The van der Waals surface area contributed by atoms with E-state index in [9.17, 15) is 0 Å². The van der Waals surface area contributed by atoms with Gasteiger partial charge in [-0.1, -0.05) is 12.1 Å². The summed E-state index contributed by atoms with van der Waals surface area (Å²) in [4.78, 5) is 1.38. The van der Waals surface area contributed by atoms with Crippen molar-refractivity contribution < 1.29 is 0 Å². The Bertz CT molecular complexity index is 269. The van der Waals surface area contributed by atoms with Gasteiger partial charge in [0.1, 0.15) is 0 Å². The minimum absolute atomic E-state index is 1.13. The van der Waals surface area contributed by atoms with Gasteiger partial charge >= 0.3 is 0 Å². The third kappa shape index (κ3) is 1.31. The third-order valence-corrected chi connectivity index (χ3v) is 3.04. The predicted octanol–water partition coefficient (Wildman–Crippen LogP) is 2.77. The van der Waals surface area contributed by atoms with E-state index in [-0.39, 0.29) is 0 Å². The maximum Gasteiger partial charge on any atom is 0.0510 e. The van der Waals surface area contributed by atoms with Gasteiger partial charge in [0, 0.05) is 11.4 Å². The Morgan fingerprint density at radius 2 is 2.33 bits per heavy atom. The maximum absolute atomic E-state index is 3.46. The highest BCUT2D eigenvalue weighted by Crippen LogP contribution is 2.31. The second kappa shape index (κ2) is 3.40. The molecule has 0 aliphatic carbocycles. The lowest BCUT2D eigenvalue weighted by molar-refractivity contribution is 0.823. The summed E-state index contributed by atoms with van der Waals surface area (Å²) in [5.74, 6) is 0.